The first-order chi connectivity index (χ1) is 16.0. The van der Waals surface area contributed by atoms with Crippen LogP contribution in [0.25, 0.3) is 17.4 Å². The van der Waals surface area contributed by atoms with E-state index in [1.807, 2.05) is 48.5 Å². The van der Waals surface area contributed by atoms with Gasteiger partial charge in [-0.05, 0) is 42.5 Å². The summed E-state index contributed by atoms with van der Waals surface area (Å²) in [4.78, 5) is 17.4. The van der Waals surface area contributed by atoms with Gasteiger partial charge in [-0.3, -0.25) is 9.69 Å². The molecule has 1 aromatic heterocycles. The van der Waals surface area contributed by atoms with E-state index < -0.39 is 0 Å². The predicted molar refractivity (Wildman–Crippen MR) is 142 cm³/mol. The number of ether oxygens (including phenoxy) is 1. The molecule has 0 atom stereocenters. The third-order valence-electron chi connectivity index (χ3n) is 5.36. The highest BCUT2D eigenvalue weighted by Crippen LogP contribution is 2.39. The van der Waals surface area contributed by atoms with Crippen LogP contribution in [0.15, 0.2) is 68.4 Å². The maximum atomic E-state index is 13.2. The fraction of sp³-hybridized carbons (Fsp3) is 0.167. The van der Waals surface area contributed by atoms with Crippen LogP contribution in [-0.4, -0.2) is 36.5 Å². The van der Waals surface area contributed by atoms with Crippen molar-refractivity contribution in [3.05, 3.63) is 74.8 Å². The zero-order valence-electron chi connectivity index (χ0n) is 17.3. The third-order valence-corrected chi connectivity index (χ3v) is 7.50. The van der Waals surface area contributed by atoms with E-state index in [4.69, 9.17) is 33.0 Å². The third kappa shape index (κ3) is 4.76. The summed E-state index contributed by atoms with van der Waals surface area (Å²) in [7, 11) is 0. The van der Waals surface area contributed by atoms with Gasteiger partial charge in [0.15, 0.2) is 4.32 Å². The molecule has 5 nitrogen and oxygen atoms in total. The van der Waals surface area contributed by atoms with Crippen molar-refractivity contribution >= 4 is 79.2 Å². The summed E-state index contributed by atoms with van der Waals surface area (Å²) in [5, 5.41) is 0.581. The molecule has 1 amide bonds. The first-order valence-corrected chi connectivity index (χ1v) is 12.7. The smallest absolute Gasteiger partial charge is 0.270 e. The number of furan rings is 1. The summed E-state index contributed by atoms with van der Waals surface area (Å²) in [6.07, 6.45) is 1.73. The summed E-state index contributed by atoms with van der Waals surface area (Å²) < 4.78 is 12.8. The highest BCUT2D eigenvalue weighted by molar-refractivity contribution is 9.10. The number of hydrogen-bond acceptors (Lipinski definition) is 6. The van der Waals surface area contributed by atoms with Crippen molar-refractivity contribution < 1.29 is 13.9 Å². The Balaban J connectivity index is 1.36. The Morgan fingerprint density at radius 2 is 1.82 bits per heavy atom. The molecule has 2 saturated heterocycles. The number of rotatable bonds is 4. The van der Waals surface area contributed by atoms with Crippen LogP contribution in [0.4, 0.5) is 11.4 Å². The Bertz CT molecular complexity index is 1250. The largest absolute Gasteiger partial charge is 0.457 e. The van der Waals surface area contributed by atoms with Crippen LogP contribution >= 0.6 is 51.5 Å². The van der Waals surface area contributed by atoms with Crippen molar-refractivity contribution in [3.8, 4) is 11.3 Å². The molecule has 0 bridgehead atoms. The van der Waals surface area contributed by atoms with Crippen molar-refractivity contribution in [1.82, 2.24) is 0 Å². The highest BCUT2D eigenvalue weighted by Gasteiger charge is 2.34. The minimum absolute atomic E-state index is 0.193. The molecular formula is C24H18BrClN2O3S2. The van der Waals surface area contributed by atoms with Crippen molar-refractivity contribution in [3.63, 3.8) is 0 Å². The van der Waals surface area contributed by atoms with E-state index in [0.717, 1.165) is 34.6 Å². The summed E-state index contributed by atoms with van der Waals surface area (Å²) in [5.41, 5.74) is 2.54. The van der Waals surface area contributed by atoms with Gasteiger partial charge in [0, 0.05) is 29.2 Å². The number of hydrogen-bond donors (Lipinski definition) is 0. The minimum atomic E-state index is -0.193. The van der Waals surface area contributed by atoms with Crippen molar-refractivity contribution in [2.45, 2.75) is 0 Å². The summed E-state index contributed by atoms with van der Waals surface area (Å²) in [5.74, 6) is 1.13. The molecule has 2 aliphatic rings. The summed E-state index contributed by atoms with van der Waals surface area (Å²) >= 11 is 16.8. The molecule has 0 N–H and O–H groups in total. The lowest BCUT2D eigenvalue weighted by atomic mass is 10.2. The second-order valence-electron chi connectivity index (χ2n) is 7.46. The van der Waals surface area contributed by atoms with Crippen LogP contribution in [0.1, 0.15) is 5.76 Å². The van der Waals surface area contributed by atoms with Crippen LogP contribution in [0.3, 0.4) is 0 Å². The Labute approximate surface area is 214 Å². The number of nitrogens with zero attached hydrogens (tertiary/aromatic N) is 2. The molecule has 3 aromatic rings. The predicted octanol–water partition coefficient (Wildman–Crippen LogP) is 6.60. The van der Waals surface area contributed by atoms with Gasteiger partial charge in [0.1, 0.15) is 11.5 Å². The van der Waals surface area contributed by atoms with E-state index in [9.17, 15) is 4.79 Å². The molecule has 5 rings (SSSR count). The molecule has 0 aliphatic carbocycles. The van der Waals surface area contributed by atoms with E-state index in [-0.39, 0.29) is 5.91 Å². The van der Waals surface area contributed by atoms with E-state index in [0.29, 0.717) is 38.9 Å². The number of carbonyl (C=O) groups excluding carboxylic acids is 1. The normalized spacial score (nSPS) is 17.9. The fourth-order valence-corrected chi connectivity index (χ4v) is 5.55. The quantitative estimate of drug-likeness (QED) is 0.264. The molecular weight excluding hydrogens is 544 g/mol. The van der Waals surface area contributed by atoms with E-state index in [1.165, 1.54) is 16.7 Å². The molecule has 2 fully saturated rings. The second kappa shape index (κ2) is 9.64. The zero-order chi connectivity index (χ0) is 22.9. The van der Waals surface area contributed by atoms with E-state index in [1.54, 1.807) is 12.1 Å². The molecule has 168 valence electrons. The number of thiocarbonyl (C=S) groups is 1. The molecule has 0 unspecified atom stereocenters. The standard InChI is InChI=1S/C24H18BrClN2O3S2/c25-16-3-1-15(2-4-16)21-8-6-18(31-21)14-22-23(29)28(24(32)33-22)17-5-7-20(19(26)13-17)27-9-11-30-12-10-27/h1-8,13-14H,9-12H2. The molecule has 0 spiro atoms. The molecule has 33 heavy (non-hydrogen) atoms. The number of carbonyl (C=O) groups is 1. The lowest BCUT2D eigenvalue weighted by Crippen LogP contribution is -2.36. The maximum absolute atomic E-state index is 13.2. The van der Waals surface area contributed by atoms with Gasteiger partial charge < -0.3 is 14.1 Å². The van der Waals surface area contributed by atoms with Crippen LogP contribution < -0.4 is 9.80 Å². The lowest BCUT2D eigenvalue weighted by molar-refractivity contribution is -0.113. The van der Waals surface area contributed by atoms with Gasteiger partial charge in [0.2, 0.25) is 0 Å². The lowest BCUT2D eigenvalue weighted by Gasteiger charge is -2.30. The van der Waals surface area contributed by atoms with Crippen molar-refractivity contribution in [2.24, 2.45) is 0 Å². The van der Waals surface area contributed by atoms with Crippen molar-refractivity contribution in [1.29, 1.82) is 0 Å². The monoisotopic (exact) mass is 560 g/mol. The SMILES string of the molecule is O=C1C(=Cc2ccc(-c3ccc(Br)cc3)o2)SC(=S)N1c1ccc(N2CCOCC2)c(Cl)c1. The number of thioether (sulfide) groups is 1. The van der Waals surface area contributed by atoms with Gasteiger partial charge >= 0.3 is 0 Å². The average molecular weight is 562 g/mol. The van der Waals surface area contributed by atoms with E-state index in [2.05, 4.69) is 20.8 Å². The number of halogens is 2. The van der Waals surface area contributed by atoms with Gasteiger partial charge in [-0.2, -0.15) is 0 Å². The Morgan fingerprint density at radius 3 is 2.55 bits per heavy atom. The molecule has 2 aromatic carbocycles. The van der Waals surface area contributed by atoms with Crippen LogP contribution in [0.2, 0.25) is 5.02 Å². The second-order valence-corrected chi connectivity index (χ2v) is 10.5. The van der Waals surface area contributed by atoms with Gasteiger partial charge in [-0.1, -0.05) is 63.6 Å². The van der Waals surface area contributed by atoms with Crippen LogP contribution in [0, 0.1) is 0 Å². The number of benzene rings is 2. The van der Waals surface area contributed by atoms with Gasteiger partial charge in [0.05, 0.1) is 34.5 Å². The number of amides is 1. The van der Waals surface area contributed by atoms with Gasteiger partial charge in [-0.25, -0.2) is 0 Å². The van der Waals surface area contributed by atoms with Crippen LogP contribution in [0.5, 0.6) is 0 Å². The van der Waals surface area contributed by atoms with Crippen LogP contribution in [-0.2, 0) is 9.53 Å². The Hall–Kier alpha value is -2.10. The fourth-order valence-electron chi connectivity index (χ4n) is 3.71. The van der Waals surface area contributed by atoms with Crippen molar-refractivity contribution in [2.75, 3.05) is 36.1 Å². The maximum Gasteiger partial charge on any atom is 0.270 e. The first kappa shape index (κ1) is 22.7. The highest BCUT2D eigenvalue weighted by atomic mass is 79.9. The minimum Gasteiger partial charge on any atom is -0.457 e. The number of anilines is 2. The summed E-state index contributed by atoms with van der Waals surface area (Å²) in [6.45, 7) is 2.92. The summed E-state index contributed by atoms with van der Waals surface area (Å²) in [6, 6.07) is 17.2. The number of morpholine rings is 1. The van der Waals surface area contributed by atoms with Gasteiger partial charge in [-0.15, -0.1) is 0 Å². The average Bonchev–Trinajstić information content (AvgIpc) is 3.39. The topological polar surface area (TPSA) is 45.9 Å². The first-order valence-electron chi connectivity index (χ1n) is 10.3. The molecule has 0 radical (unpaired) electrons. The zero-order valence-corrected chi connectivity index (χ0v) is 21.3. The molecule has 9 heteroatoms. The van der Waals surface area contributed by atoms with E-state index >= 15 is 0 Å². The Morgan fingerprint density at radius 1 is 1.06 bits per heavy atom. The Kier molecular flexibility index (Phi) is 6.62. The van der Waals surface area contributed by atoms with Gasteiger partial charge in [0.25, 0.3) is 5.91 Å². The molecule has 3 heterocycles. The molecule has 2 aliphatic heterocycles. The molecule has 0 saturated carbocycles.